The number of aliphatic hydroxyl groups is 1. The van der Waals surface area contributed by atoms with Crippen LogP contribution in [0, 0.1) is 5.41 Å². The van der Waals surface area contributed by atoms with Gasteiger partial charge in [0.1, 0.15) is 0 Å². The van der Waals surface area contributed by atoms with Crippen molar-refractivity contribution in [2.45, 2.75) is 33.1 Å². The Kier molecular flexibility index (Phi) is 6.71. The minimum absolute atomic E-state index is 0.0261. The second-order valence-corrected chi connectivity index (χ2v) is 6.02. The van der Waals surface area contributed by atoms with Crippen molar-refractivity contribution in [1.82, 2.24) is 4.98 Å². The maximum Gasteiger partial charge on any atom is 0.351 e. The monoisotopic (exact) mass is 320 g/mol. The van der Waals surface area contributed by atoms with Crippen LogP contribution in [0.15, 0.2) is 0 Å². The minimum atomic E-state index is -0.479. The lowest BCUT2D eigenvalue weighted by Crippen LogP contribution is -2.29. The second kappa shape index (κ2) is 7.81. The summed E-state index contributed by atoms with van der Waals surface area (Å²) < 4.78 is 4.64. The van der Waals surface area contributed by atoms with E-state index in [0.29, 0.717) is 16.6 Å². The molecule has 0 amide bonds. The Bertz CT molecular complexity index is 447. The lowest BCUT2D eigenvalue weighted by atomic mass is 9.79. The van der Waals surface area contributed by atoms with Crippen LogP contribution in [-0.2, 0) is 4.74 Å². The molecule has 7 heteroatoms. The number of methoxy groups -OCH3 is 1. The van der Waals surface area contributed by atoms with E-state index in [0.717, 1.165) is 19.3 Å². The summed E-state index contributed by atoms with van der Waals surface area (Å²) in [6, 6.07) is 0. The Balaban J connectivity index is 2.76. The maximum absolute atomic E-state index is 11.5. The topological polar surface area (TPSA) is 71.5 Å². The van der Waals surface area contributed by atoms with Crippen LogP contribution >= 0.6 is 22.9 Å². The fourth-order valence-corrected chi connectivity index (χ4v) is 3.14. The summed E-state index contributed by atoms with van der Waals surface area (Å²) >= 11 is 7.10. The van der Waals surface area contributed by atoms with E-state index < -0.39 is 5.97 Å². The van der Waals surface area contributed by atoms with Gasteiger partial charge in [-0.2, -0.15) is 0 Å². The quantitative estimate of drug-likeness (QED) is 0.720. The lowest BCUT2D eigenvalue weighted by Gasteiger charge is -2.31. The SMILES string of the molecule is CCC(CC)(CCO)CNc1nc(Cl)c(C(=O)OC)s1. The van der Waals surface area contributed by atoms with Crippen molar-refractivity contribution in [3.8, 4) is 0 Å². The molecule has 1 aromatic rings. The molecule has 0 aliphatic rings. The molecule has 0 saturated heterocycles. The molecular formula is C13H21ClN2O3S. The number of nitrogens with one attached hydrogen (secondary N) is 1. The molecule has 0 fully saturated rings. The first kappa shape index (κ1) is 17.2. The highest BCUT2D eigenvalue weighted by atomic mass is 35.5. The third-order valence-electron chi connectivity index (χ3n) is 3.71. The first-order chi connectivity index (χ1) is 9.51. The number of aromatic nitrogens is 1. The summed E-state index contributed by atoms with van der Waals surface area (Å²) in [5.74, 6) is -0.479. The zero-order valence-electron chi connectivity index (χ0n) is 12.0. The predicted octanol–water partition coefficient (Wildman–Crippen LogP) is 3.18. The summed E-state index contributed by atoms with van der Waals surface area (Å²) in [5, 5.41) is 13.2. The second-order valence-electron chi connectivity index (χ2n) is 4.66. The van der Waals surface area contributed by atoms with Gasteiger partial charge in [-0.15, -0.1) is 0 Å². The highest BCUT2D eigenvalue weighted by Gasteiger charge is 2.26. The molecule has 114 valence electrons. The molecule has 2 N–H and O–H groups in total. The molecule has 1 rings (SSSR count). The summed E-state index contributed by atoms with van der Waals surface area (Å²) in [6.07, 6.45) is 2.65. The molecule has 0 atom stereocenters. The molecule has 0 saturated carbocycles. The van der Waals surface area contributed by atoms with Crippen LogP contribution in [-0.4, -0.2) is 36.3 Å². The number of rotatable bonds is 8. The van der Waals surface area contributed by atoms with Crippen molar-refractivity contribution < 1.29 is 14.6 Å². The number of ether oxygens (including phenoxy) is 1. The fourth-order valence-electron chi connectivity index (χ4n) is 2.04. The third-order valence-corrected chi connectivity index (χ3v) is 5.09. The number of hydrogen-bond acceptors (Lipinski definition) is 6. The molecule has 0 spiro atoms. The largest absolute Gasteiger partial charge is 0.465 e. The number of hydrogen-bond donors (Lipinski definition) is 2. The van der Waals surface area contributed by atoms with Gasteiger partial charge >= 0.3 is 5.97 Å². The van der Waals surface area contributed by atoms with Crippen molar-refractivity contribution in [3.63, 3.8) is 0 Å². The smallest absolute Gasteiger partial charge is 0.351 e. The van der Waals surface area contributed by atoms with Gasteiger partial charge in [0, 0.05) is 13.2 Å². The minimum Gasteiger partial charge on any atom is -0.465 e. The van der Waals surface area contributed by atoms with Crippen molar-refractivity contribution in [3.05, 3.63) is 10.0 Å². The van der Waals surface area contributed by atoms with Crippen molar-refractivity contribution >= 4 is 34.0 Å². The van der Waals surface area contributed by atoms with E-state index in [-0.39, 0.29) is 17.2 Å². The van der Waals surface area contributed by atoms with Gasteiger partial charge in [0.25, 0.3) is 0 Å². The lowest BCUT2D eigenvalue weighted by molar-refractivity contribution is 0.0606. The molecule has 0 radical (unpaired) electrons. The van der Waals surface area contributed by atoms with Crippen LogP contribution in [0.2, 0.25) is 5.15 Å². The maximum atomic E-state index is 11.5. The highest BCUT2D eigenvalue weighted by Crippen LogP contribution is 2.33. The standard InChI is InChI=1S/C13H21ClN2O3S/c1-4-13(5-2,6-7-17)8-15-12-16-10(14)9(20-12)11(18)19-3/h17H,4-8H2,1-3H3,(H,15,16). The molecule has 1 heterocycles. The van der Waals surface area contributed by atoms with Crippen molar-refractivity contribution in [1.29, 1.82) is 0 Å². The molecule has 1 aromatic heterocycles. The predicted molar refractivity (Wildman–Crippen MR) is 81.7 cm³/mol. The Morgan fingerprint density at radius 2 is 2.15 bits per heavy atom. The van der Waals surface area contributed by atoms with E-state index in [1.807, 2.05) is 0 Å². The van der Waals surface area contributed by atoms with Gasteiger partial charge in [0.15, 0.2) is 15.2 Å². The Morgan fingerprint density at radius 1 is 1.50 bits per heavy atom. The van der Waals surface area contributed by atoms with Crippen LogP contribution < -0.4 is 5.32 Å². The number of esters is 1. The molecule has 0 aromatic carbocycles. The van der Waals surface area contributed by atoms with E-state index >= 15 is 0 Å². The summed E-state index contributed by atoms with van der Waals surface area (Å²) in [7, 11) is 1.31. The molecule has 0 aliphatic heterocycles. The first-order valence-electron chi connectivity index (χ1n) is 6.61. The zero-order chi connectivity index (χ0) is 15.2. The van der Waals surface area contributed by atoms with E-state index in [1.165, 1.54) is 18.4 Å². The average Bonchev–Trinajstić information content (AvgIpc) is 2.84. The number of aliphatic hydroxyl groups excluding tert-OH is 1. The van der Waals surface area contributed by atoms with Crippen molar-refractivity contribution in [2.75, 3.05) is 25.6 Å². The molecular weight excluding hydrogens is 300 g/mol. The molecule has 0 bridgehead atoms. The van der Waals surface area contributed by atoms with Gasteiger partial charge < -0.3 is 15.2 Å². The number of carbonyl (C=O) groups excluding carboxylic acids is 1. The molecule has 20 heavy (non-hydrogen) atoms. The zero-order valence-corrected chi connectivity index (χ0v) is 13.6. The number of nitrogens with zero attached hydrogens (tertiary/aromatic N) is 1. The van der Waals surface area contributed by atoms with E-state index in [2.05, 4.69) is 28.9 Å². The van der Waals surface area contributed by atoms with E-state index in [9.17, 15) is 9.90 Å². The normalized spacial score (nSPS) is 11.4. The van der Waals surface area contributed by atoms with Crippen LogP contribution in [0.5, 0.6) is 0 Å². The summed E-state index contributed by atoms with van der Waals surface area (Å²) in [5.41, 5.74) is 0.0261. The Hall–Kier alpha value is -0.850. The van der Waals surface area contributed by atoms with Gasteiger partial charge in [0.2, 0.25) is 0 Å². The fraction of sp³-hybridized carbons (Fsp3) is 0.692. The average molecular weight is 321 g/mol. The summed E-state index contributed by atoms with van der Waals surface area (Å²) in [6.45, 7) is 5.06. The van der Waals surface area contributed by atoms with E-state index in [4.69, 9.17) is 11.6 Å². The first-order valence-corrected chi connectivity index (χ1v) is 7.80. The van der Waals surface area contributed by atoms with E-state index in [1.54, 1.807) is 0 Å². The molecule has 0 unspecified atom stereocenters. The number of carbonyl (C=O) groups is 1. The number of anilines is 1. The van der Waals surface area contributed by atoms with Crippen LogP contribution in [0.25, 0.3) is 0 Å². The number of halogens is 1. The Morgan fingerprint density at radius 3 is 2.65 bits per heavy atom. The van der Waals surface area contributed by atoms with Gasteiger partial charge in [-0.05, 0) is 24.7 Å². The molecule has 0 aliphatic carbocycles. The van der Waals surface area contributed by atoms with Crippen LogP contribution in [0.4, 0.5) is 5.13 Å². The summed E-state index contributed by atoms with van der Waals surface area (Å²) in [4.78, 5) is 15.9. The Labute approximate surface area is 128 Å². The number of thiazole rings is 1. The van der Waals surface area contributed by atoms with Gasteiger partial charge in [-0.1, -0.05) is 36.8 Å². The van der Waals surface area contributed by atoms with Crippen LogP contribution in [0.1, 0.15) is 42.8 Å². The van der Waals surface area contributed by atoms with Crippen molar-refractivity contribution in [2.24, 2.45) is 5.41 Å². The van der Waals surface area contributed by atoms with Gasteiger partial charge in [-0.25, -0.2) is 9.78 Å². The highest BCUT2D eigenvalue weighted by molar-refractivity contribution is 7.18. The van der Waals surface area contributed by atoms with Gasteiger partial charge in [0.05, 0.1) is 7.11 Å². The third kappa shape index (κ3) is 4.07. The van der Waals surface area contributed by atoms with Crippen LogP contribution in [0.3, 0.4) is 0 Å². The van der Waals surface area contributed by atoms with Gasteiger partial charge in [-0.3, -0.25) is 0 Å². The molecule has 5 nitrogen and oxygen atoms in total.